The molecular weight excluding hydrogens is 204 g/mol. The third kappa shape index (κ3) is 13.9. The Labute approximate surface area is 111 Å². The van der Waals surface area contributed by atoms with Crippen molar-refractivity contribution in [3.05, 3.63) is 6.42 Å². The monoisotopic (exact) mass is 239 g/mol. The highest BCUT2D eigenvalue weighted by Crippen LogP contribution is 2.16. The molecule has 0 N–H and O–H groups in total. The molecule has 0 aliphatic heterocycles. The average Bonchev–Trinajstić information content (AvgIpc) is 2.32. The van der Waals surface area contributed by atoms with Crippen LogP contribution in [-0.4, -0.2) is 0 Å². The SMILES string of the molecule is C[CH]CC(C)CCCCCCCCCCCC. The van der Waals surface area contributed by atoms with E-state index < -0.39 is 0 Å². The molecule has 0 aromatic carbocycles. The Bertz CT molecular complexity index is 128. The summed E-state index contributed by atoms with van der Waals surface area (Å²) >= 11 is 0. The van der Waals surface area contributed by atoms with E-state index in [0.717, 1.165) is 5.92 Å². The van der Waals surface area contributed by atoms with Crippen molar-refractivity contribution in [3.63, 3.8) is 0 Å². The van der Waals surface area contributed by atoms with E-state index in [9.17, 15) is 0 Å². The highest BCUT2D eigenvalue weighted by Gasteiger charge is 1.99. The number of rotatable bonds is 13. The summed E-state index contributed by atoms with van der Waals surface area (Å²) in [6, 6.07) is 0. The van der Waals surface area contributed by atoms with Crippen molar-refractivity contribution in [1.29, 1.82) is 0 Å². The fourth-order valence-corrected chi connectivity index (χ4v) is 2.50. The van der Waals surface area contributed by atoms with Crippen LogP contribution in [0.4, 0.5) is 0 Å². The smallest absolute Gasteiger partial charge is 0.0414 e. The van der Waals surface area contributed by atoms with Crippen LogP contribution in [0.15, 0.2) is 0 Å². The van der Waals surface area contributed by atoms with E-state index >= 15 is 0 Å². The molecular formula is C17H35. The van der Waals surface area contributed by atoms with Crippen LogP contribution < -0.4 is 0 Å². The molecule has 17 heavy (non-hydrogen) atoms. The van der Waals surface area contributed by atoms with Crippen molar-refractivity contribution in [2.45, 2.75) is 97.8 Å². The fourth-order valence-electron chi connectivity index (χ4n) is 2.50. The van der Waals surface area contributed by atoms with Crippen molar-refractivity contribution in [3.8, 4) is 0 Å². The molecule has 0 saturated heterocycles. The maximum absolute atomic E-state index is 2.38. The quantitative estimate of drug-likeness (QED) is 0.320. The minimum absolute atomic E-state index is 0.911. The van der Waals surface area contributed by atoms with E-state index in [-0.39, 0.29) is 0 Å². The van der Waals surface area contributed by atoms with Crippen molar-refractivity contribution >= 4 is 0 Å². The molecule has 1 atom stereocenters. The third-order valence-electron chi connectivity index (χ3n) is 3.69. The van der Waals surface area contributed by atoms with Gasteiger partial charge in [0.05, 0.1) is 0 Å². The normalized spacial score (nSPS) is 12.9. The van der Waals surface area contributed by atoms with Crippen molar-refractivity contribution < 1.29 is 0 Å². The first-order chi connectivity index (χ1) is 8.31. The molecule has 0 aliphatic carbocycles. The molecule has 1 unspecified atom stereocenters. The Kier molecular flexibility index (Phi) is 14.1. The van der Waals surface area contributed by atoms with Crippen LogP contribution in [0.3, 0.4) is 0 Å². The van der Waals surface area contributed by atoms with Crippen LogP contribution in [0.1, 0.15) is 97.8 Å². The molecule has 0 aliphatic rings. The molecule has 0 fully saturated rings. The zero-order valence-electron chi connectivity index (χ0n) is 12.6. The Morgan fingerprint density at radius 1 is 0.765 bits per heavy atom. The first-order valence-electron chi connectivity index (χ1n) is 8.09. The molecule has 0 spiro atoms. The summed E-state index contributed by atoms with van der Waals surface area (Å²) < 4.78 is 0. The molecule has 0 heterocycles. The van der Waals surface area contributed by atoms with E-state index in [2.05, 4.69) is 27.2 Å². The van der Waals surface area contributed by atoms with Gasteiger partial charge in [0, 0.05) is 0 Å². The van der Waals surface area contributed by atoms with Crippen LogP contribution in [0.2, 0.25) is 0 Å². The van der Waals surface area contributed by atoms with Gasteiger partial charge in [-0.25, -0.2) is 0 Å². The van der Waals surface area contributed by atoms with Crippen molar-refractivity contribution in [2.75, 3.05) is 0 Å². The predicted molar refractivity (Wildman–Crippen MR) is 80.2 cm³/mol. The first-order valence-corrected chi connectivity index (χ1v) is 8.09. The van der Waals surface area contributed by atoms with E-state index in [4.69, 9.17) is 0 Å². The van der Waals surface area contributed by atoms with Gasteiger partial charge in [-0.3, -0.25) is 0 Å². The van der Waals surface area contributed by atoms with Crippen molar-refractivity contribution in [1.82, 2.24) is 0 Å². The molecule has 0 amide bonds. The number of hydrogen-bond acceptors (Lipinski definition) is 0. The minimum atomic E-state index is 0.911. The van der Waals surface area contributed by atoms with Gasteiger partial charge in [-0.2, -0.15) is 0 Å². The summed E-state index contributed by atoms with van der Waals surface area (Å²) in [4.78, 5) is 0. The van der Waals surface area contributed by atoms with Crippen LogP contribution in [0.5, 0.6) is 0 Å². The van der Waals surface area contributed by atoms with Gasteiger partial charge in [-0.1, -0.05) is 91.4 Å². The average molecular weight is 239 g/mol. The fraction of sp³-hybridized carbons (Fsp3) is 0.941. The van der Waals surface area contributed by atoms with E-state index in [1.165, 1.54) is 77.0 Å². The van der Waals surface area contributed by atoms with Crippen LogP contribution in [-0.2, 0) is 0 Å². The summed E-state index contributed by atoms with van der Waals surface area (Å²) in [5.41, 5.74) is 0. The second kappa shape index (κ2) is 14.1. The summed E-state index contributed by atoms with van der Waals surface area (Å²) in [6.07, 6.45) is 19.6. The highest BCUT2D eigenvalue weighted by atomic mass is 14.1. The van der Waals surface area contributed by atoms with Gasteiger partial charge in [0.1, 0.15) is 0 Å². The minimum Gasteiger partial charge on any atom is -0.0654 e. The lowest BCUT2D eigenvalue weighted by atomic mass is 9.98. The van der Waals surface area contributed by atoms with Gasteiger partial charge < -0.3 is 0 Å². The molecule has 0 nitrogen and oxygen atoms in total. The van der Waals surface area contributed by atoms with E-state index in [0.29, 0.717) is 0 Å². The Hall–Kier alpha value is 0. The van der Waals surface area contributed by atoms with Gasteiger partial charge in [-0.05, 0) is 18.8 Å². The van der Waals surface area contributed by atoms with Crippen LogP contribution in [0, 0.1) is 12.3 Å². The lowest BCUT2D eigenvalue weighted by Crippen LogP contribution is -1.93. The first kappa shape index (κ1) is 17.0. The van der Waals surface area contributed by atoms with Gasteiger partial charge in [0.2, 0.25) is 0 Å². The van der Waals surface area contributed by atoms with Crippen LogP contribution >= 0.6 is 0 Å². The Morgan fingerprint density at radius 2 is 1.24 bits per heavy atom. The maximum atomic E-state index is 2.38. The highest BCUT2D eigenvalue weighted by molar-refractivity contribution is 4.62. The third-order valence-corrected chi connectivity index (χ3v) is 3.69. The zero-order valence-corrected chi connectivity index (χ0v) is 12.6. The lowest BCUT2D eigenvalue weighted by Gasteiger charge is -2.08. The maximum Gasteiger partial charge on any atom is -0.0414 e. The largest absolute Gasteiger partial charge is 0.0654 e. The van der Waals surface area contributed by atoms with Gasteiger partial charge >= 0.3 is 0 Å². The summed E-state index contributed by atoms with van der Waals surface area (Å²) in [6.45, 7) is 6.85. The second-order valence-corrected chi connectivity index (χ2v) is 5.72. The Morgan fingerprint density at radius 3 is 1.71 bits per heavy atom. The predicted octanol–water partition coefficient (Wildman–Crippen LogP) is 6.55. The molecule has 0 bridgehead atoms. The van der Waals surface area contributed by atoms with Crippen LogP contribution in [0.25, 0.3) is 0 Å². The topological polar surface area (TPSA) is 0 Å². The molecule has 0 saturated carbocycles. The molecule has 0 aromatic heterocycles. The van der Waals surface area contributed by atoms with E-state index in [1.54, 1.807) is 0 Å². The molecule has 103 valence electrons. The standard InChI is InChI=1S/C17H35/c1-4-6-7-8-9-10-11-12-13-14-16-17(3)15-5-2/h5,17H,4,6-16H2,1-3H3. The molecule has 0 heteroatoms. The number of hydrogen-bond donors (Lipinski definition) is 0. The number of unbranched alkanes of at least 4 members (excludes halogenated alkanes) is 9. The second-order valence-electron chi connectivity index (χ2n) is 5.72. The molecule has 0 rings (SSSR count). The van der Waals surface area contributed by atoms with E-state index in [1.807, 2.05) is 0 Å². The Balaban J connectivity index is 2.98. The van der Waals surface area contributed by atoms with Gasteiger partial charge in [-0.15, -0.1) is 0 Å². The van der Waals surface area contributed by atoms with Gasteiger partial charge in [0.25, 0.3) is 0 Å². The van der Waals surface area contributed by atoms with Gasteiger partial charge in [0.15, 0.2) is 0 Å². The van der Waals surface area contributed by atoms with Crippen molar-refractivity contribution in [2.24, 2.45) is 5.92 Å². The molecule has 1 radical (unpaired) electrons. The summed E-state index contributed by atoms with van der Waals surface area (Å²) in [7, 11) is 0. The summed E-state index contributed by atoms with van der Waals surface area (Å²) in [5.74, 6) is 0.911. The lowest BCUT2D eigenvalue weighted by molar-refractivity contribution is 0.474. The summed E-state index contributed by atoms with van der Waals surface area (Å²) in [5, 5.41) is 0. The zero-order chi connectivity index (χ0) is 12.8. The molecule has 0 aromatic rings.